The van der Waals surface area contributed by atoms with Crippen molar-refractivity contribution in [3.63, 3.8) is 0 Å². The number of halogens is 2. The predicted octanol–water partition coefficient (Wildman–Crippen LogP) is 6.36. The number of ether oxygens (including phenoxy) is 2. The molecule has 170 valence electrons. The number of amidine groups is 1. The van der Waals surface area contributed by atoms with Gasteiger partial charge in [0.2, 0.25) is 0 Å². The normalized spacial score (nSPS) is 15.0. The summed E-state index contributed by atoms with van der Waals surface area (Å²) in [4.78, 5) is 19.2. The average Bonchev–Trinajstić information content (AvgIpc) is 2.84. The lowest BCUT2D eigenvalue weighted by molar-refractivity contribution is -0.141. The van der Waals surface area contributed by atoms with Gasteiger partial charge in [0.15, 0.2) is 0 Å². The smallest absolute Gasteiger partial charge is 0.307 e. The van der Waals surface area contributed by atoms with Crippen LogP contribution in [0, 0.1) is 5.82 Å². The Morgan fingerprint density at radius 2 is 1.88 bits per heavy atom. The minimum absolute atomic E-state index is 0.0159. The van der Waals surface area contributed by atoms with E-state index in [1.807, 2.05) is 47.4 Å². The largest absolute Gasteiger partial charge is 0.495 e. The van der Waals surface area contributed by atoms with Gasteiger partial charge in [-0.1, -0.05) is 53.2 Å². The van der Waals surface area contributed by atoms with E-state index in [1.165, 1.54) is 13.2 Å². The van der Waals surface area contributed by atoms with E-state index >= 15 is 0 Å². The van der Waals surface area contributed by atoms with Crippen LogP contribution in [-0.4, -0.2) is 26.0 Å². The Bertz CT molecular complexity index is 1210. The Morgan fingerprint density at radius 3 is 2.55 bits per heavy atom. The lowest BCUT2D eigenvalue weighted by atomic mass is 9.94. The second-order valence-electron chi connectivity index (χ2n) is 7.65. The highest BCUT2D eigenvalue weighted by Crippen LogP contribution is 2.45. The molecule has 33 heavy (non-hydrogen) atoms. The first-order valence-electron chi connectivity index (χ1n) is 10.6. The number of fused-ring (bicyclic) bond motifs is 1. The van der Waals surface area contributed by atoms with E-state index in [-0.39, 0.29) is 12.1 Å². The van der Waals surface area contributed by atoms with Gasteiger partial charge in [0, 0.05) is 15.6 Å². The minimum Gasteiger partial charge on any atom is -0.495 e. The van der Waals surface area contributed by atoms with Gasteiger partial charge in [-0.2, -0.15) is 0 Å². The molecular formula is C26H24BrFN2O3. The third kappa shape index (κ3) is 4.50. The average molecular weight is 511 g/mol. The molecule has 0 saturated heterocycles. The van der Waals surface area contributed by atoms with E-state index in [2.05, 4.69) is 22.9 Å². The summed E-state index contributed by atoms with van der Waals surface area (Å²) in [7, 11) is 2.96. The van der Waals surface area contributed by atoms with Gasteiger partial charge in [-0.25, -0.2) is 9.38 Å². The topological polar surface area (TPSA) is 51.1 Å². The van der Waals surface area contributed by atoms with E-state index in [0.29, 0.717) is 17.1 Å². The highest BCUT2D eigenvalue weighted by atomic mass is 79.9. The second kappa shape index (κ2) is 9.75. The maximum Gasteiger partial charge on any atom is 0.307 e. The number of aryl methyl sites for hydroxylation is 1. The van der Waals surface area contributed by atoms with Crippen LogP contribution in [0.4, 0.5) is 15.8 Å². The maximum atomic E-state index is 14.9. The van der Waals surface area contributed by atoms with E-state index < -0.39 is 17.8 Å². The van der Waals surface area contributed by atoms with Gasteiger partial charge in [0.25, 0.3) is 0 Å². The fourth-order valence-corrected chi connectivity index (χ4v) is 4.30. The first-order chi connectivity index (χ1) is 16.0. The first-order valence-corrected chi connectivity index (χ1v) is 11.4. The lowest BCUT2D eigenvalue weighted by Gasteiger charge is -2.39. The number of anilines is 1. The molecule has 3 aromatic carbocycles. The SMILES string of the molecule is CCc1ccc(OC)c(N2C(c3ccc(Br)cc3)=Nc3c(F)cccc3C2CC(=O)OC)c1. The van der Waals surface area contributed by atoms with E-state index in [1.54, 1.807) is 19.2 Å². The van der Waals surface area contributed by atoms with Crippen LogP contribution in [0.1, 0.15) is 36.1 Å². The Balaban J connectivity index is 2.02. The fourth-order valence-electron chi connectivity index (χ4n) is 4.04. The van der Waals surface area contributed by atoms with E-state index in [0.717, 1.165) is 27.7 Å². The molecule has 0 amide bonds. The van der Waals surface area contributed by atoms with Crippen molar-refractivity contribution in [3.8, 4) is 5.75 Å². The molecule has 0 aromatic heterocycles. The molecule has 0 fully saturated rings. The summed E-state index contributed by atoms with van der Waals surface area (Å²) in [6.07, 6.45) is 0.838. The summed E-state index contributed by atoms with van der Waals surface area (Å²) >= 11 is 3.47. The third-order valence-corrected chi connectivity index (χ3v) is 6.26. The molecule has 0 N–H and O–H groups in total. The van der Waals surface area contributed by atoms with Gasteiger partial charge in [-0.15, -0.1) is 0 Å². The van der Waals surface area contributed by atoms with Crippen LogP contribution in [0.3, 0.4) is 0 Å². The zero-order valence-corrected chi connectivity index (χ0v) is 20.2. The van der Waals surface area contributed by atoms with Crippen molar-refractivity contribution in [2.75, 3.05) is 19.1 Å². The number of rotatable bonds is 6. The molecule has 0 saturated carbocycles. The molecule has 0 bridgehead atoms. The molecule has 1 unspecified atom stereocenters. The number of esters is 1. The second-order valence-corrected chi connectivity index (χ2v) is 8.56. The monoisotopic (exact) mass is 510 g/mol. The molecule has 5 nitrogen and oxygen atoms in total. The molecule has 4 rings (SSSR count). The Labute approximate surface area is 201 Å². The summed E-state index contributed by atoms with van der Waals surface area (Å²) in [6, 6.07) is 17.8. The zero-order chi connectivity index (χ0) is 23.5. The number of methoxy groups -OCH3 is 2. The quantitative estimate of drug-likeness (QED) is 0.362. The van der Waals surface area contributed by atoms with Gasteiger partial charge >= 0.3 is 5.97 Å². The highest BCUT2D eigenvalue weighted by Gasteiger charge is 2.36. The van der Waals surface area contributed by atoms with Crippen LogP contribution in [0.5, 0.6) is 5.75 Å². The summed E-state index contributed by atoms with van der Waals surface area (Å²) < 4.78 is 26.6. The first kappa shape index (κ1) is 23.0. The Kier molecular flexibility index (Phi) is 6.79. The van der Waals surface area contributed by atoms with E-state index in [9.17, 15) is 9.18 Å². The number of hydrogen-bond donors (Lipinski definition) is 0. The number of para-hydroxylation sites is 1. The Morgan fingerprint density at radius 1 is 1.12 bits per heavy atom. The minimum atomic E-state index is -0.541. The number of aliphatic imine (C=N–C) groups is 1. The molecule has 1 aliphatic heterocycles. The van der Waals surface area contributed by atoms with Crippen LogP contribution >= 0.6 is 15.9 Å². The lowest BCUT2D eigenvalue weighted by Crippen LogP contribution is -2.39. The summed E-state index contributed by atoms with van der Waals surface area (Å²) in [5.74, 6) is 0.320. The fraction of sp³-hybridized carbons (Fsp3) is 0.231. The van der Waals surface area contributed by atoms with Crippen LogP contribution < -0.4 is 9.64 Å². The number of nitrogens with zero attached hydrogens (tertiary/aromatic N) is 2. The molecule has 3 aromatic rings. The van der Waals surface area contributed by atoms with Gasteiger partial charge in [-0.05, 0) is 42.3 Å². The highest BCUT2D eigenvalue weighted by molar-refractivity contribution is 9.10. The Hall–Kier alpha value is -3.19. The molecule has 0 aliphatic carbocycles. The number of carbonyl (C=O) groups is 1. The van der Waals surface area contributed by atoms with Crippen molar-refractivity contribution in [3.05, 3.63) is 87.6 Å². The van der Waals surface area contributed by atoms with Crippen molar-refractivity contribution >= 4 is 39.1 Å². The van der Waals surface area contributed by atoms with Crippen LogP contribution in [-0.2, 0) is 16.0 Å². The maximum absolute atomic E-state index is 14.9. The van der Waals surface area contributed by atoms with Crippen molar-refractivity contribution in [2.24, 2.45) is 4.99 Å². The van der Waals surface area contributed by atoms with E-state index in [4.69, 9.17) is 14.5 Å². The van der Waals surface area contributed by atoms with Crippen LogP contribution in [0.15, 0.2) is 70.1 Å². The molecule has 1 heterocycles. The van der Waals surface area contributed by atoms with Crippen LogP contribution in [0.2, 0.25) is 0 Å². The number of benzene rings is 3. The molecule has 7 heteroatoms. The number of hydrogen-bond acceptors (Lipinski definition) is 5. The van der Waals surface area contributed by atoms with Crippen molar-refractivity contribution in [1.29, 1.82) is 0 Å². The predicted molar refractivity (Wildman–Crippen MR) is 131 cm³/mol. The van der Waals surface area contributed by atoms with Crippen molar-refractivity contribution in [2.45, 2.75) is 25.8 Å². The van der Waals surface area contributed by atoms with Gasteiger partial charge in [0.05, 0.1) is 32.4 Å². The van der Waals surface area contributed by atoms with Crippen molar-refractivity contribution < 1.29 is 18.7 Å². The van der Waals surface area contributed by atoms with Gasteiger partial charge in [0.1, 0.15) is 23.1 Å². The van der Waals surface area contributed by atoms with Crippen LogP contribution in [0.25, 0.3) is 0 Å². The number of carbonyl (C=O) groups excluding carboxylic acids is 1. The molecule has 1 atom stereocenters. The summed E-state index contributed by atoms with van der Waals surface area (Å²) in [5.41, 5.74) is 3.48. The standard InChI is InChI=1S/C26H24BrFN2O3/c1-4-16-8-13-23(32-2)22(14-16)30-21(15-24(31)33-3)19-6-5-7-20(28)25(19)29-26(30)17-9-11-18(27)12-10-17/h5-14,21H,4,15H2,1-3H3. The molecule has 0 radical (unpaired) electrons. The zero-order valence-electron chi connectivity index (χ0n) is 18.6. The molecule has 1 aliphatic rings. The molecular weight excluding hydrogens is 487 g/mol. The third-order valence-electron chi connectivity index (χ3n) is 5.74. The summed E-state index contributed by atoms with van der Waals surface area (Å²) in [5, 5.41) is 0. The van der Waals surface area contributed by atoms with Gasteiger partial charge in [-0.3, -0.25) is 4.79 Å². The van der Waals surface area contributed by atoms with Crippen molar-refractivity contribution in [1.82, 2.24) is 0 Å². The van der Waals surface area contributed by atoms with Gasteiger partial charge < -0.3 is 14.4 Å². The summed E-state index contributed by atoms with van der Waals surface area (Å²) in [6.45, 7) is 2.07. The molecule has 0 spiro atoms.